The Balaban J connectivity index is 3.84. The molecule has 2 unspecified atom stereocenters. The van der Waals surface area contributed by atoms with E-state index in [-0.39, 0.29) is 32.3 Å². The van der Waals surface area contributed by atoms with Crippen molar-refractivity contribution in [3.8, 4) is 0 Å². The molecule has 9 heteroatoms. The fourth-order valence-electron chi connectivity index (χ4n) is 8.27. The van der Waals surface area contributed by atoms with Gasteiger partial charge in [-0.3, -0.25) is 13.8 Å². The van der Waals surface area contributed by atoms with E-state index in [0.29, 0.717) is 13.0 Å². The molecule has 8 nitrogen and oxygen atoms in total. The molecule has 3 N–H and O–H groups in total. The Labute approximate surface area is 397 Å². The molecule has 0 aliphatic heterocycles. The first-order valence-electron chi connectivity index (χ1n) is 27.8. The second-order valence-corrected chi connectivity index (χ2v) is 20.3. The Kier molecular flexibility index (Phi) is 52.1. The van der Waals surface area contributed by atoms with Crippen molar-refractivity contribution in [2.45, 2.75) is 290 Å². The third-order valence-corrected chi connectivity index (χ3v) is 13.4. The number of hydrogen-bond acceptors (Lipinski definition) is 7. The van der Waals surface area contributed by atoms with Gasteiger partial charge in [-0.1, -0.05) is 256 Å². The highest BCUT2D eigenvalue weighted by Gasteiger charge is 2.25. The summed E-state index contributed by atoms with van der Waals surface area (Å²) < 4.78 is 33.7. The highest BCUT2D eigenvalue weighted by Crippen LogP contribution is 2.43. The molecule has 0 aliphatic rings. The standard InChI is InChI=1S/C55H108NO7P/c1-3-5-7-9-11-13-15-17-19-21-23-24-25-26-27-28-29-31-33-35-37-39-41-43-45-47-50-60-52-54(53-62-64(58,59)61-51-49-56)63-55(57)48-46-44-42-40-38-36-34-32-30-22-20-18-16-14-12-10-8-6-4-2/h12,14,18,20,54H,3-11,13,15-17,19,21-53,56H2,1-2H3,(H,58,59)/b14-12-,20-18-. The van der Waals surface area contributed by atoms with Crippen LogP contribution in [0.15, 0.2) is 24.3 Å². The molecule has 0 bridgehead atoms. The van der Waals surface area contributed by atoms with E-state index in [2.05, 4.69) is 38.2 Å². The number of carbonyl (C=O) groups is 1. The average Bonchev–Trinajstić information content (AvgIpc) is 3.29. The van der Waals surface area contributed by atoms with Crippen molar-refractivity contribution in [3.05, 3.63) is 24.3 Å². The molecule has 0 aromatic carbocycles. The van der Waals surface area contributed by atoms with Gasteiger partial charge in [-0.25, -0.2) is 4.57 Å². The maximum absolute atomic E-state index is 12.7. The van der Waals surface area contributed by atoms with Gasteiger partial charge in [-0.05, 0) is 44.9 Å². The Morgan fingerprint density at radius 3 is 1.25 bits per heavy atom. The molecule has 0 aliphatic carbocycles. The van der Waals surface area contributed by atoms with Gasteiger partial charge in [0.05, 0.1) is 19.8 Å². The number of carbonyl (C=O) groups excluding carboxylic acids is 1. The van der Waals surface area contributed by atoms with Crippen molar-refractivity contribution < 1.29 is 32.8 Å². The first kappa shape index (κ1) is 63.0. The minimum Gasteiger partial charge on any atom is -0.457 e. The number of rotatable bonds is 54. The molecule has 0 rings (SSSR count). The van der Waals surface area contributed by atoms with Gasteiger partial charge in [-0.2, -0.15) is 0 Å². The van der Waals surface area contributed by atoms with E-state index < -0.39 is 13.9 Å². The average molecular weight is 926 g/mol. The Morgan fingerprint density at radius 2 is 0.828 bits per heavy atom. The highest BCUT2D eigenvalue weighted by atomic mass is 31.2. The van der Waals surface area contributed by atoms with Crippen molar-refractivity contribution in [2.24, 2.45) is 5.73 Å². The van der Waals surface area contributed by atoms with E-state index in [1.807, 2.05) is 0 Å². The van der Waals surface area contributed by atoms with Crippen LogP contribution in [0.25, 0.3) is 0 Å². The fraction of sp³-hybridized carbons (Fsp3) is 0.909. The first-order valence-corrected chi connectivity index (χ1v) is 29.3. The van der Waals surface area contributed by atoms with Crippen molar-refractivity contribution in [3.63, 3.8) is 0 Å². The number of unbranched alkanes of at least 4 members (excludes halogenated alkanes) is 37. The first-order chi connectivity index (χ1) is 31.4. The maximum Gasteiger partial charge on any atom is 0.472 e. The van der Waals surface area contributed by atoms with E-state index in [1.54, 1.807) is 0 Å². The van der Waals surface area contributed by atoms with Gasteiger partial charge in [0.25, 0.3) is 0 Å². The van der Waals surface area contributed by atoms with E-state index in [0.717, 1.165) is 38.5 Å². The number of phosphoric acid groups is 1. The van der Waals surface area contributed by atoms with Crippen LogP contribution in [0.5, 0.6) is 0 Å². The summed E-state index contributed by atoms with van der Waals surface area (Å²) in [6, 6.07) is 0. The summed E-state index contributed by atoms with van der Waals surface area (Å²) in [5, 5.41) is 0. The quantitative estimate of drug-likeness (QED) is 0.0268. The molecule has 2 atom stereocenters. The molecule has 0 radical (unpaired) electrons. The summed E-state index contributed by atoms with van der Waals surface area (Å²) >= 11 is 0. The lowest BCUT2D eigenvalue weighted by atomic mass is 10.0. The zero-order chi connectivity index (χ0) is 46.5. The van der Waals surface area contributed by atoms with Crippen LogP contribution in [0.2, 0.25) is 0 Å². The van der Waals surface area contributed by atoms with Crippen LogP contribution in [-0.4, -0.2) is 49.9 Å². The van der Waals surface area contributed by atoms with Crippen molar-refractivity contribution in [1.29, 1.82) is 0 Å². The number of esters is 1. The van der Waals surface area contributed by atoms with Gasteiger partial charge >= 0.3 is 13.8 Å². The number of allylic oxidation sites excluding steroid dienone is 4. The molecule has 0 saturated carbocycles. The molecule has 380 valence electrons. The van der Waals surface area contributed by atoms with E-state index in [1.165, 1.54) is 225 Å². The normalized spacial score (nSPS) is 13.4. The van der Waals surface area contributed by atoms with Gasteiger partial charge in [0.2, 0.25) is 0 Å². The largest absolute Gasteiger partial charge is 0.472 e. The summed E-state index contributed by atoms with van der Waals surface area (Å²) in [6.07, 6.45) is 62.3. The zero-order valence-electron chi connectivity index (χ0n) is 42.5. The number of ether oxygens (including phenoxy) is 2. The minimum atomic E-state index is -4.28. The Bertz CT molecular complexity index is 1040. The van der Waals surface area contributed by atoms with Crippen molar-refractivity contribution >= 4 is 13.8 Å². The van der Waals surface area contributed by atoms with Crippen LogP contribution >= 0.6 is 7.82 Å². The molecule has 0 aromatic heterocycles. The molecule has 64 heavy (non-hydrogen) atoms. The predicted octanol–water partition coefficient (Wildman–Crippen LogP) is 17.5. The minimum absolute atomic E-state index is 0.0937. The number of nitrogens with two attached hydrogens (primary N) is 1. The summed E-state index contributed by atoms with van der Waals surface area (Å²) in [7, 11) is -4.28. The monoisotopic (exact) mass is 926 g/mol. The lowest BCUT2D eigenvalue weighted by Crippen LogP contribution is -2.28. The van der Waals surface area contributed by atoms with E-state index in [4.69, 9.17) is 24.3 Å². The predicted molar refractivity (Wildman–Crippen MR) is 275 cm³/mol. The van der Waals surface area contributed by atoms with Gasteiger partial charge in [0.15, 0.2) is 0 Å². The number of phosphoric ester groups is 1. The fourth-order valence-corrected chi connectivity index (χ4v) is 9.03. The highest BCUT2D eigenvalue weighted by molar-refractivity contribution is 7.47. The second kappa shape index (κ2) is 52.9. The Morgan fingerprint density at radius 1 is 0.469 bits per heavy atom. The van der Waals surface area contributed by atoms with Gasteiger partial charge < -0.3 is 20.1 Å². The van der Waals surface area contributed by atoms with Crippen LogP contribution in [0.4, 0.5) is 0 Å². The van der Waals surface area contributed by atoms with Crippen LogP contribution in [0, 0.1) is 0 Å². The lowest BCUT2D eigenvalue weighted by Gasteiger charge is -2.20. The smallest absolute Gasteiger partial charge is 0.457 e. The zero-order valence-corrected chi connectivity index (χ0v) is 43.4. The summed E-state index contributed by atoms with van der Waals surface area (Å²) in [5.41, 5.74) is 5.40. The second-order valence-electron chi connectivity index (χ2n) is 18.8. The molecule has 0 fully saturated rings. The van der Waals surface area contributed by atoms with Crippen LogP contribution in [0.1, 0.15) is 284 Å². The SMILES string of the molecule is CCCCC/C=C\C/C=C\CCCCCCCCCCCC(=O)OC(COCCCCCCCCCCCCCCCCCCCCCCCCCCCC)COP(=O)(O)OCCN. The molecule has 0 heterocycles. The molecular weight excluding hydrogens is 818 g/mol. The lowest BCUT2D eigenvalue weighted by molar-refractivity contribution is -0.154. The number of hydrogen-bond donors (Lipinski definition) is 2. The van der Waals surface area contributed by atoms with Gasteiger partial charge in [0.1, 0.15) is 6.10 Å². The molecule has 0 aromatic rings. The maximum atomic E-state index is 12.7. The van der Waals surface area contributed by atoms with Crippen LogP contribution in [-0.2, 0) is 27.9 Å². The molecule has 0 saturated heterocycles. The van der Waals surface area contributed by atoms with Crippen molar-refractivity contribution in [1.82, 2.24) is 0 Å². The summed E-state index contributed by atoms with van der Waals surface area (Å²) in [5.74, 6) is -0.329. The molecular formula is C55H108NO7P. The van der Waals surface area contributed by atoms with Crippen LogP contribution in [0.3, 0.4) is 0 Å². The Hall–Kier alpha value is -1.02. The topological polar surface area (TPSA) is 117 Å². The third-order valence-electron chi connectivity index (χ3n) is 12.4. The molecule has 0 amide bonds. The van der Waals surface area contributed by atoms with Gasteiger partial charge in [-0.15, -0.1) is 0 Å². The summed E-state index contributed by atoms with van der Waals surface area (Å²) in [4.78, 5) is 22.6. The van der Waals surface area contributed by atoms with Crippen molar-refractivity contribution in [2.75, 3.05) is 33.0 Å². The van der Waals surface area contributed by atoms with E-state index in [9.17, 15) is 14.3 Å². The third kappa shape index (κ3) is 52.0. The van der Waals surface area contributed by atoms with E-state index >= 15 is 0 Å². The molecule has 0 spiro atoms. The van der Waals surface area contributed by atoms with Gasteiger partial charge in [0, 0.05) is 19.6 Å². The summed E-state index contributed by atoms with van der Waals surface area (Å²) in [6.45, 7) is 4.96. The van der Waals surface area contributed by atoms with Crippen LogP contribution < -0.4 is 5.73 Å².